The lowest BCUT2D eigenvalue weighted by Crippen LogP contribution is -2.50. The quantitative estimate of drug-likeness (QED) is 0.836. The predicted molar refractivity (Wildman–Crippen MR) is 87.2 cm³/mol. The fraction of sp³-hybridized carbons (Fsp3) is 0.294. The second kappa shape index (κ2) is 6.68. The summed E-state index contributed by atoms with van der Waals surface area (Å²) < 4.78 is 26.2. The van der Waals surface area contributed by atoms with Crippen molar-refractivity contribution in [1.29, 1.82) is 0 Å². The highest BCUT2D eigenvalue weighted by Crippen LogP contribution is 2.19. The van der Waals surface area contributed by atoms with Crippen molar-refractivity contribution in [2.75, 3.05) is 26.2 Å². The van der Waals surface area contributed by atoms with E-state index in [0.29, 0.717) is 26.2 Å². The van der Waals surface area contributed by atoms with E-state index < -0.39 is 11.6 Å². The molecule has 0 atom stereocenters. The Morgan fingerprint density at radius 3 is 2.12 bits per heavy atom. The normalized spacial score (nSPS) is 14.8. The molecule has 0 aliphatic carbocycles. The van der Waals surface area contributed by atoms with Gasteiger partial charge >= 0.3 is 0 Å². The maximum absolute atomic E-state index is 13.3. The first-order chi connectivity index (χ1) is 11.5. The van der Waals surface area contributed by atoms with Gasteiger partial charge in [0.25, 0.3) is 11.8 Å². The molecule has 24 heavy (non-hydrogen) atoms. The van der Waals surface area contributed by atoms with E-state index in [2.05, 4.69) is 0 Å². The highest BCUT2D eigenvalue weighted by Gasteiger charge is 2.27. The SMILES string of the molecule is Cc1ccsc1C(=O)N1CCN(C(=O)c2ccc(F)c(F)c2)CC1. The number of benzene rings is 1. The molecule has 1 aliphatic heterocycles. The Bertz CT molecular complexity index is 783. The molecule has 1 aromatic carbocycles. The molecule has 0 saturated carbocycles. The van der Waals surface area contributed by atoms with Crippen LogP contribution in [-0.2, 0) is 0 Å². The van der Waals surface area contributed by atoms with Gasteiger partial charge in [0.1, 0.15) is 0 Å². The smallest absolute Gasteiger partial charge is 0.264 e. The minimum absolute atomic E-state index is 0.0255. The minimum Gasteiger partial charge on any atom is -0.335 e. The van der Waals surface area contributed by atoms with Gasteiger partial charge in [-0.3, -0.25) is 9.59 Å². The molecule has 2 aromatic rings. The summed E-state index contributed by atoms with van der Waals surface area (Å²) in [5, 5.41) is 1.88. The van der Waals surface area contributed by atoms with E-state index in [1.54, 1.807) is 9.80 Å². The van der Waals surface area contributed by atoms with Gasteiger partial charge in [-0.25, -0.2) is 8.78 Å². The number of hydrogen-bond acceptors (Lipinski definition) is 3. The third kappa shape index (κ3) is 3.17. The Balaban J connectivity index is 1.64. The molecule has 0 bridgehead atoms. The molecule has 0 radical (unpaired) electrons. The first-order valence-electron chi connectivity index (χ1n) is 7.55. The third-order valence-corrected chi connectivity index (χ3v) is 5.08. The van der Waals surface area contributed by atoms with Crippen LogP contribution in [0, 0.1) is 18.6 Å². The van der Waals surface area contributed by atoms with Crippen LogP contribution in [0.1, 0.15) is 25.6 Å². The lowest BCUT2D eigenvalue weighted by molar-refractivity contribution is 0.0537. The summed E-state index contributed by atoms with van der Waals surface area (Å²) in [5.74, 6) is -2.40. The molecule has 0 unspecified atom stereocenters. The number of carbonyl (C=O) groups is 2. The molecular formula is C17H16F2N2O2S. The molecule has 1 aromatic heterocycles. The summed E-state index contributed by atoms with van der Waals surface area (Å²) in [4.78, 5) is 28.8. The number of hydrogen-bond donors (Lipinski definition) is 0. The van der Waals surface area contributed by atoms with Gasteiger partial charge in [-0.05, 0) is 42.1 Å². The summed E-state index contributed by atoms with van der Waals surface area (Å²) in [6.07, 6.45) is 0. The van der Waals surface area contributed by atoms with Crippen molar-refractivity contribution >= 4 is 23.2 Å². The fourth-order valence-corrected chi connectivity index (χ4v) is 3.55. The lowest BCUT2D eigenvalue weighted by Gasteiger charge is -2.34. The Morgan fingerprint density at radius 1 is 0.958 bits per heavy atom. The lowest BCUT2D eigenvalue weighted by atomic mass is 10.1. The van der Waals surface area contributed by atoms with Gasteiger partial charge in [0.05, 0.1) is 4.88 Å². The van der Waals surface area contributed by atoms with Gasteiger partial charge in [0.15, 0.2) is 11.6 Å². The van der Waals surface area contributed by atoms with Crippen LogP contribution >= 0.6 is 11.3 Å². The van der Waals surface area contributed by atoms with E-state index in [0.717, 1.165) is 22.6 Å². The fourth-order valence-electron chi connectivity index (χ4n) is 2.66. The van der Waals surface area contributed by atoms with Gasteiger partial charge in [0.2, 0.25) is 0 Å². The molecule has 0 N–H and O–H groups in total. The summed E-state index contributed by atoms with van der Waals surface area (Å²) in [7, 11) is 0. The van der Waals surface area contributed by atoms with Crippen LogP contribution in [0.2, 0.25) is 0 Å². The van der Waals surface area contributed by atoms with Gasteiger partial charge in [-0.2, -0.15) is 0 Å². The van der Waals surface area contributed by atoms with E-state index >= 15 is 0 Å². The molecule has 126 valence electrons. The molecule has 3 rings (SSSR count). The predicted octanol–water partition coefficient (Wildman–Crippen LogP) is 2.93. The second-order valence-electron chi connectivity index (χ2n) is 5.65. The van der Waals surface area contributed by atoms with Crippen molar-refractivity contribution in [3.8, 4) is 0 Å². The Hall–Kier alpha value is -2.28. The summed E-state index contributed by atoms with van der Waals surface area (Å²) >= 11 is 1.41. The number of piperazine rings is 1. The number of carbonyl (C=O) groups excluding carboxylic acids is 2. The van der Waals surface area contributed by atoms with Gasteiger partial charge < -0.3 is 9.80 Å². The zero-order valence-corrected chi connectivity index (χ0v) is 13.9. The van der Waals surface area contributed by atoms with Crippen LogP contribution in [0.25, 0.3) is 0 Å². The van der Waals surface area contributed by atoms with Gasteiger partial charge in [-0.15, -0.1) is 11.3 Å². The summed E-state index contributed by atoms with van der Waals surface area (Å²) in [6, 6.07) is 5.03. The number of rotatable bonds is 2. The molecule has 2 heterocycles. The number of nitrogens with zero attached hydrogens (tertiary/aromatic N) is 2. The average Bonchev–Trinajstić information content (AvgIpc) is 3.02. The van der Waals surface area contributed by atoms with Crippen LogP contribution in [0.5, 0.6) is 0 Å². The molecule has 1 aliphatic rings. The van der Waals surface area contributed by atoms with Crippen LogP contribution in [0.3, 0.4) is 0 Å². The standard InChI is InChI=1S/C17H16F2N2O2S/c1-11-4-9-24-15(11)17(23)21-7-5-20(6-8-21)16(22)12-2-3-13(18)14(19)10-12/h2-4,9-10H,5-8H2,1H3. The van der Waals surface area contributed by atoms with Crippen LogP contribution < -0.4 is 0 Å². The van der Waals surface area contributed by atoms with Gasteiger partial charge in [-0.1, -0.05) is 0 Å². The van der Waals surface area contributed by atoms with Crippen molar-refractivity contribution < 1.29 is 18.4 Å². The van der Waals surface area contributed by atoms with Crippen molar-refractivity contribution in [3.05, 3.63) is 57.3 Å². The van der Waals surface area contributed by atoms with Crippen LogP contribution in [-0.4, -0.2) is 47.8 Å². The second-order valence-corrected chi connectivity index (χ2v) is 6.56. The number of halogens is 2. The monoisotopic (exact) mass is 350 g/mol. The molecule has 7 heteroatoms. The Labute approximate surface area is 142 Å². The Morgan fingerprint density at radius 2 is 1.58 bits per heavy atom. The number of thiophene rings is 1. The highest BCUT2D eigenvalue weighted by molar-refractivity contribution is 7.12. The zero-order chi connectivity index (χ0) is 17.3. The Kier molecular flexibility index (Phi) is 4.62. The first-order valence-corrected chi connectivity index (χ1v) is 8.43. The molecule has 1 fully saturated rings. The largest absolute Gasteiger partial charge is 0.335 e. The van der Waals surface area contributed by atoms with Crippen molar-refractivity contribution in [3.63, 3.8) is 0 Å². The van der Waals surface area contributed by atoms with E-state index in [-0.39, 0.29) is 17.4 Å². The molecule has 1 saturated heterocycles. The van der Waals surface area contributed by atoms with Crippen molar-refractivity contribution in [2.24, 2.45) is 0 Å². The van der Waals surface area contributed by atoms with Crippen LogP contribution in [0.4, 0.5) is 8.78 Å². The molecular weight excluding hydrogens is 334 g/mol. The zero-order valence-electron chi connectivity index (χ0n) is 13.1. The number of aryl methyl sites for hydroxylation is 1. The van der Waals surface area contributed by atoms with Crippen molar-refractivity contribution in [2.45, 2.75) is 6.92 Å². The van der Waals surface area contributed by atoms with Crippen LogP contribution in [0.15, 0.2) is 29.6 Å². The first kappa shape index (κ1) is 16.6. The number of amides is 2. The highest BCUT2D eigenvalue weighted by atomic mass is 32.1. The van der Waals surface area contributed by atoms with E-state index in [4.69, 9.17) is 0 Å². The summed E-state index contributed by atoms with van der Waals surface area (Å²) in [6.45, 7) is 3.48. The van der Waals surface area contributed by atoms with Gasteiger partial charge in [0, 0.05) is 31.7 Å². The maximum Gasteiger partial charge on any atom is 0.264 e. The molecule has 2 amide bonds. The minimum atomic E-state index is -1.04. The molecule has 0 spiro atoms. The average molecular weight is 350 g/mol. The van der Waals surface area contributed by atoms with Crippen molar-refractivity contribution in [1.82, 2.24) is 9.80 Å². The third-order valence-electron chi connectivity index (χ3n) is 4.08. The van der Waals surface area contributed by atoms with E-state index in [1.165, 1.54) is 17.4 Å². The summed E-state index contributed by atoms with van der Waals surface area (Å²) in [5.41, 5.74) is 1.06. The van der Waals surface area contributed by atoms with E-state index in [1.807, 2.05) is 18.4 Å². The topological polar surface area (TPSA) is 40.6 Å². The van der Waals surface area contributed by atoms with E-state index in [9.17, 15) is 18.4 Å². The maximum atomic E-state index is 13.3. The molecule has 4 nitrogen and oxygen atoms in total.